The van der Waals surface area contributed by atoms with Crippen LogP contribution in [0, 0.1) is 6.92 Å². The molecule has 0 saturated heterocycles. The van der Waals surface area contributed by atoms with E-state index >= 15 is 0 Å². The Morgan fingerprint density at radius 2 is 1.76 bits per heavy atom. The molecule has 0 unspecified atom stereocenters. The van der Waals surface area contributed by atoms with E-state index in [2.05, 4.69) is 16.2 Å². The van der Waals surface area contributed by atoms with Gasteiger partial charge in [-0.25, -0.2) is 10.2 Å². The molecule has 130 valence electrons. The molecule has 0 bridgehead atoms. The van der Waals surface area contributed by atoms with E-state index in [0.717, 1.165) is 11.1 Å². The van der Waals surface area contributed by atoms with Crippen molar-refractivity contribution in [1.29, 1.82) is 0 Å². The molecule has 1 heterocycles. The number of fused-ring (bicyclic) bond motifs is 1. The van der Waals surface area contributed by atoms with Gasteiger partial charge in [0.2, 0.25) is 5.91 Å². The molecule has 3 rings (SSSR count). The fourth-order valence-corrected chi connectivity index (χ4v) is 2.42. The highest BCUT2D eigenvalue weighted by molar-refractivity contribution is 5.91. The summed E-state index contributed by atoms with van der Waals surface area (Å²) in [5.74, 6) is 0.963. The summed E-state index contributed by atoms with van der Waals surface area (Å²) in [6, 6.07) is 12.2. The van der Waals surface area contributed by atoms with Crippen LogP contribution in [0.2, 0.25) is 0 Å². The maximum atomic E-state index is 12.0. The molecular formula is C18H19N3O4. The van der Waals surface area contributed by atoms with Crippen LogP contribution in [0.25, 0.3) is 0 Å². The van der Waals surface area contributed by atoms with E-state index in [1.165, 1.54) is 0 Å². The average molecular weight is 341 g/mol. The van der Waals surface area contributed by atoms with Crippen LogP contribution in [0.15, 0.2) is 42.5 Å². The number of aryl methyl sites for hydroxylation is 1. The van der Waals surface area contributed by atoms with Crippen molar-refractivity contribution in [3.05, 3.63) is 53.6 Å². The normalized spacial score (nSPS) is 12.2. The van der Waals surface area contributed by atoms with Gasteiger partial charge in [0.1, 0.15) is 13.2 Å². The zero-order chi connectivity index (χ0) is 17.6. The fraction of sp³-hybridized carbons (Fsp3) is 0.222. The quantitative estimate of drug-likeness (QED) is 0.747. The second-order valence-electron chi connectivity index (χ2n) is 5.60. The van der Waals surface area contributed by atoms with Gasteiger partial charge in [-0.3, -0.25) is 10.2 Å². The van der Waals surface area contributed by atoms with Crippen LogP contribution in [0.3, 0.4) is 0 Å². The molecule has 7 nitrogen and oxygen atoms in total. The molecule has 0 atom stereocenters. The highest BCUT2D eigenvalue weighted by atomic mass is 16.6. The SMILES string of the molecule is Cc1ccccc1NC(=O)NNC(=O)Cc1ccc2c(c1)OCCO2. The van der Waals surface area contributed by atoms with Crippen LogP contribution in [-0.2, 0) is 11.2 Å². The fourth-order valence-electron chi connectivity index (χ4n) is 2.42. The predicted octanol–water partition coefficient (Wildman–Crippen LogP) is 2.16. The number of benzene rings is 2. The van der Waals surface area contributed by atoms with Crippen LogP contribution in [-0.4, -0.2) is 25.2 Å². The van der Waals surface area contributed by atoms with Gasteiger partial charge in [-0.05, 0) is 36.2 Å². The minimum Gasteiger partial charge on any atom is -0.486 e. The number of ether oxygens (including phenoxy) is 2. The van der Waals surface area contributed by atoms with Crippen LogP contribution >= 0.6 is 0 Å². The third kappa shape index (κ3) is 4.41. The summed E-state index contributed by atoms with van der Waals surface area (Å²) < 4.78 is 10.9. The van der Waals surface area contributed by atoms with Crippen LogP contribution in [0.1, 0.15) is 11.1 Å². The summed E-state index contributed by atoms with van der Waals surface area (Å²) in [6.07, 6.45) is 0.112. The lowest BCUT2D eigenvalue weighted by molar-refractivity contribution is -0.121. The Balaban J connectivity index is 1.49. The number of carbonyl (C=O) groups is 2. The number of anilines is 1. The molecule has 3 N–H and O–H groups in total. The number of hydrogen-bond acceptors (Lipinski definition) is 4. The van der Waals surface area contributed by atoms with Crippen molar-refractivity contribution in [3.8, 4) is 11.5 Å². The molecule has 1 aliphatic rings. The first-order valence-electron chi connectivity index (χ1n) is 7.92. The number of carbonyl (C=O) groups excluding carboxylic acids is 2. The monoisotopic (exact) mass is 341 g/mol. The summed E-state index contributed by atoms with van der Waals surface area (Å²) in [4.78, 5) is 23.8. The van der Waals surface area contributed by atoms with E-state index in [4.69, 9.17) is 9.47 Å². The largest absolute Gasteiger partial charge is 0.486 e. The Hall–Kier alpha value is -3.22. The molecule has 0 saturated carbocycles. The minimum atomic E-state index is -0.509. The van der Waals surface area contributed by atoms with Gasteiger partial charge in [0.25, 0.3) is 0 Å². The van der Waals surface area contributed by atoms with Crippen molar-refractivity contribution in [1.82, 2.24) is 10.9 Å². The van der Waals surface area contributed by atoms with Gasteiger partial charge >= 0.3 is 6.03 Å². The molecule has 7 heteroatoms. The number of amides is 3. The molecule has 2 aromatic carbocycles. The topological polar surface area (TPSA) is 88.7 Å². The van der Waals surface area contributed by atoms with Gasteiger partial charge < -0.3 is 14.8 Å². The van der Waals surface area contributed by atoms with Crippen molar-refractivity contribution in [2.45, 2.75) is 13.3 Å². The zero-order valence-corrected chi connectivity index (χ0v) is 13.8. The first-order valence-corrected chi connectivity index (χ1v) is 7.92. The molecule has 3 amide bonds. The van der Waals surface area contributed by atoms with E-state index in [1.807, 2.05) is 25.1 Å². The number of para-hydroxylation sites is 1. The molecule has 0 aromatic heterocycles. The third-order valence-electron chi connectivity index (χ3n) is 3.68. The predicted molar refractivity (Wildman–Crippen MR) is 92.6 cm³/mol. The summed E-state index contributed by atoms with van der Waals surface area (Å²) in [6.45, 7) is 2.89. The van der Waals surface area contributed by atoms with E-state index in [0.29, 0.717) is 30.4 Å². The first-order chi connectivity index (χ1) is 12.1. The zero-order valence-electron chi connectivity index (χ0n) is 13.8. The molecule has 1 aliphatic heterocycles. The first kappa shape index (κ1) is 16.6. The lowest BCUT2D eigenvalue weighted by Crippen LogP contribution is -2.44. The van der Waals surface area contributed by atoms with E-state index in [1.54, 1.807) is 24.3 Å². The van der Waals surface area contributed by atoms with Crippen molar-refractivity contribution in [3.63, 3.8) is 0 Å². The number of nitrogens with one attached hydrogen (secondary N) is 3. The summed E-state index contributed by atoms with van der Waals surface area (Å²) in [7, 11) is 0. The van der Waals surface area contributed by atoms with Gasteiger partial charge in [-0.1, -0.05) is 24.3 Å². The molecular weight excluding hydrogens is 322 g/mol. The van der Waals surface area contributed by atoms with E-state index in [-0.39, 0.29) is 12.3 Å². The van der Waals surface area contributed by atoms with Gasteiger partial charge in [0.05, 0.1) is 6.42 Å². The van der Waals surface area contributed by atoms with E-state index in [9.17, 15) is 9.59 Å². The molecule has 0 spiro atoms. The van der Waals surface area contributed by atoms with E-state index < -0.39 is 6.03 Å². The van der Waals surface area contributed by atoms with Crippen molar-refractivity contribution in [2.24, 2.45) is 0 Å². The number of hydrazine groups is 1. The van der Waals surface area contributed by atoms with Gasteiger partial charge in [-0.2, -0.15) is 0 Å². The molecule has 25 heavy (non-hydrogen) atoms. The van der Waals surface area contributed by atoms with Gasteiger partial charge in [0.15, 0.2) is 11.5 Å². The Labute approximate surface area is 145 Å². The maximum Gasteiger partial charge on any atom is 0.337 e. The number of urea groups is 1. The Morgan fingerprint density at radius 1 is 1.00 bits per heavy atom. The molecule has 0 fully saturated rings. The summed E-state index contributed by atoms with van der Waals surface area (Å²) in [5.41, 5.74) is 7.09. The number of hydrogen-bond donors (Lipinski definition) is 3. The second kappa shape index (κ2) is 7.57. The molecule has 0 radical (unpaired) electrons. The maximum absolute atomic E-state index is 12.0. The summed E-state index contributed by atoms with van der Waals surface area (Å²) in [5, 5.41) is 2.67. The van der Waals surface area contributed by atoms with Crippen molar-refractivity contribution in [2.75, 3.05) is 18.5 Å². The standard InChI is InChI=1S/C18H19N3O4/c1-12-4-2-3-5-14(12)19-18(23)21-20-17(22)11-13-6-7-15-16(10-13)25-9-8-24-15/h2-7,10H,8-9,11H2,1H3,(H,20,22)(H2,19,21,23). The number of rotatable bonds is 3. The summed E-state index contributed by atoms with van der Waals surface area (Å²) >= 11 is 0. The van der Waals surface area contributed by atoms with Crippen molar-refractivity contribution < 1.29 is 19.1 Å². The molecule has 0 aliphatic carbocycles. The lowest BCUT2D eigenvalue weighted by atomic mass is 10.1. The lowest BCUT2D eigenvalue weighted by Gasteiger charge is -2.18. The highest BCUT2D eigenvalue weighted by Crippen LogP contribution is 2.30. The second-order valence-corrected chi connectivity index (χ2v) is 5.60. The van der Waals surface area contributed by atoms with Crippen LogP contribution in [0.5, 0.6) is 11.5 Å². The van der Waals surface area contributed by atoms with Crippen LogP contribution < -0.4 is 25.6 Å². The molecule has 2 aromatic rings. The Bertz CT molecular complexity index is 792. The van der Waals surface area contributed by atoms with Crippen LogP contribution in [0.4, 0.5) is 10.5 Å². The highest BCUT2D eigenvalue weighted by Gasteiger charge is 2.13. The minimum absolute atomic E-state index is 0.112. The Morgan fingerprint density at radius 3 is 2.56 bits per heavy atom. The van der Waals surface area contributed by atoms with Gasteiger partial charge in [0, 0.05) is 5.69 Å². The Kier molecular flexibility index (Phi) is 5.03. The van der Waals surface area contributed by atoms with Crippen molar-refractivity contribution >= 4 is 17.6 Å². The third-order valence-corrected chi connectivity index (χ3v) is 3.68. The van der Waals surface area contributed by atoms with Gasteiger partial charge in [-0.15, -0.1) is 0 Å². The smallest absolute Gasteiger partial charge is 0.337 e. The average Bonchev–Trinajstić information content (AvgIpc) is 2.62.